The van der Waals surface area contributed by atoms with Crippen molar-refractivity contribution in [2.45, 2.75) is 0 Å². The Balaban J connectivity index is 1.74. The van der Waals surface area contributed by atoms with Crippen LogP contribution in [0.4, 0.5) is 0 Å². The second-order valence-corrected chi connectivity index (χ2v) is 5.77. The van der Waals surface area contributed by atoms with Gasteiger partial charge >= 0.3 is 0 Å². The average Bonchev–Trinajstić information content (AvgIpc) is 2.37. The third-order valence-electron chi connectivity index (χ3n) is 2.23. The Morgan fingerprint density at radius 2 is 1.56 bits per heavy atom. The third kappa shape index (κ3) is 4.49. The molecule has 0 unspecified atom stereocenters. The Morgan fingerprint density at radius 1 is 0.889 bits per heavy atom. The first-order chi connectivity index (χ1) is 8.74. The van der Waals surface area contributed by atoms with Crippen LogP contribution < -0.4 is 9.47 Å². The van der Waals surface area contributed by atoms with Crippen LogP contribution in [0.1, 0.15) is 0 Å². The molecule has 2 rings (SSSR count). The number of hydrogen-bond donors (Lipinski definition) is 0. The molecule has 0 spiro atoms. The second kappa shape index (κ2) is 6.99. The number of ether oxygens (including phenoxy) is 2. The molecule has 2 aromatic carbocycles. The van der Waals surface area contributed by atoms with Crippen LogP contribution in [-0.2, 0) is 0 Å². The molecule has 0 aliphatic heterocycles. The van der Waals surface area contributed by atoms with Crippen molar-refractivity contribution >= 4 is 38.5 Å². The largest absolute Gasteiger partial charge is 0.490 e. The fraction of sp³-hybridized carbons (Fsp3) is 0.143. The minimum Gasteiger partial charge on any atom is -0.490 e. The van der Waals surface area contributed by atoms with Gasteiger partial charge in [-0.3, -0.25) is 0 Å². The molecule has 2 nitrogen and oxygen atoms in total. The van der Waals surface area contributed by atoms with E-state index in [1.165, 1.54) is 3.57 Å². The van der Waals surface area contributed by atoms with Crippen LogP contribution in [0.5, 0.6) is 11.5 Å². The SMILES string of the molecule is Brc1ccc(OCCOc2cccc(I)c2)cc1. The van der Waals surface area contributed by atoms with Crippen LogP contribution >= 0.6 is 38.5 Å². The molecule has 18 heavy (non-hydrogen) atoms. The molecule has 0 heterocycles. The van der Waals surface area contributed by atoms with Crippen LogP contribution in [0, 0.1) is 3.57 Å². The van der Waals surface area contributed by atoms with Crippen molar-refractivity contribution in [3.8, 4) is 11.5 Å². The lowest BCUT2D eigenvalue weighted by Crippen LogP contribution is -2.08. The van der Waals surface area contributed by atoms with E-state index >= 15 is 0 Å². The van der Waals surface area contributed by atoms with Gasteiger partial charge in [0, 0.05) is 8.04 Å². The lowest BCUT2D eigenvalue weighted by molar-refractivity contribution is 0.217. The van der Waals surface area contributed by atoms with Crippen molar-refractivity contribution in [1.29, 1.82) is 0 Å². The van der Waals surface area contributed by atoms with Crippen LogP contribution in [0.2, 0.25) is 0 Å². The molecule has 0 saturated carbocycles. The zero-order valence-corrected chi connectivity index (χ0v) is 13.3. The van der Waals surface area contributed by atoms with Gasteiger partial charge in [-0.2, -0.15) is 0 Å². The molecular formula is C14H12BrIO2. The average molecular weight is 419 g/mol. The summed E-state index contributed by atoms with van der Waals surface area (Å²) in [6, 6.07) is 15.7. The third-order valence-corrected chi connectivity index (χ3v) is 3.43. The van der Waals surface area contributed by atoms with E-state index in [2.05, 4.69) is 38.5 Å². The molecule has 0 amide bonds. The van der Waals surface area contributed by atoms with Gasteiger partial charge in [0.2, 0.25) is 0 Å². The Kier molecular flexibility index (Phi) is 5.31. The predicted molar refractivity (Wildman–Crippen MR) is 84.3 cm³/mol. The molecule has 0 bridgehead atoms. The highest BCUT2D eigenvalue weighted by Gasteiger charge is 1.96. The van der Waals surface area contributed by atoms with E-state index in [0.29, 0.717) is 13.2 Å². The van der Waals surface area contributed by atoms with Gasteiger partial charge in [-0.25, -0.2) is 0 Å². The molecule has 2 aromatic rings. The molecule has 0 N–H and O–H groups in total. The van der Waals surface area contributed by atoms with Crippen molar-refractivity contribution < 1.29 is 9.47 Å². The van der Waals surface area contributed by atoms with Crippen molar-refractivity contribution in [3.05, 3.63) is 56.6 Å². The quantitative estimate of drug-likeness (QED) is 0.525. The standard InChI is InChI=1S/C14H12BrIO2/c15-11-4-6-13(7-5-11)17-8-9-18-14-3-1-2-12(16)10-14/h1-7,10H,8-9H2. The molecule has 0 atom stereocenters. The maximum atomic E-state index is 5.59. The molecule has 4 heteroatoms. The molecular weight excluding hydrogens is 407 g/mol. The van der Waals surface area contributed by atoms with E-state index in [1.54, 1.807) is 0 Å². The van der Waals surface area contributed by atoms with E-state index in [-0.39, 0.29) is 0 Å². The normalized spacial score (nSPS) is 10.1. The van der Waals surface area contributed by atoms with E-state index in [1.807, 2.05) is 48.5 Å². The maximum absolute atomic E-state index is 5.59. The lowest BCUT2D eigenvalue weighted by atomic mass is 10.3. The molecule has 94 valence electrons. The molecule has 0 aliphatic rings. The van der Waals surface area contributed by atoms with E-state index in [4.69, 9.17) is 9.47 Å². The Hall–Kier alpha value is -0.750. The zero-order valence-electron chi connectivity index (χ0n) is 9.61. The van der Waals surface area contributed by atoms with Gasteiger partial charge in [0.1, 0.15) is 24.7 Å². The highest BCUT2D eigenvalue weighted by molar-refractivity contribution is 14.1. The van der Waals surface area contributed by atoms with Gasteiger partial charge in [-0.05, 0) is 65.1 Å². The van der Waals surface area contributed by atoms with Crippen molar-refractivity contribution in [1.82, 2.24) is 0 Å². The summed E-state index contributed by atoms with van der Waals surface area (Å²) in [6.45, 7) is 1.07. The summed E-state index contributed by atoms with van der Waals surface area (Å²) in [4.78, 5) is 0. The first-order valence-corrected chi connectivity index (χ1v) is 7.38. The molecule has 0 aromatic heterocycles. The van der Waals surface area contributed by atoms with Crippen LogP contribution in [0.3, 0.4) is 0 Å². The molecule has 0 saturated heterocycles. The van der Waals surface area contributed by atoms with Gasteiger partial charge in [0.25, 0.3) is 0 Å². The summed E-state index contributed by atoms with van der Waals surface area (Å²) in [6.07, 6.45) is 0. The first-order valence-electron chi connectivity index (χ1n) is 5.51. The number of benzene rings is 2. The fourth-order valence-corrected chi connectivity index (χ4v) is 2.19. The van der Waals surface area contributed by atoms with Gasteiger partial charge in [0.15, 0.2) is 0 Å². The first kappa shape index (κ1) is 13.7. The number of rotatable bonds is 5. The Bertz CT molecular complexity index is 499. The Morgan fingerprint density at radius 3 is 2.22 bits per heavy atom. The summed E-state index contributed by atoms with van der Waals surface area (Å²) in [5.74, 6) is 1.73. The maximum Gasteiger partial charge on any atom is 0.122 e. The summed E-state index contributed by atoms with van der Waals surface area (Å²) in [5, 5.41) is 0. The monoisotopic (exact) mass is 418 g/mol. The summed E-state index contributed by atoms with van der Waals surface area (Å²) in [7, 11) is 0. The number of hydrogen-bond acceptors (Lipinski definition) is 2. The van der Waals surface area contributed by atoms with Crippen molar-refractivity contribution in [2.75, 3.05) is 13.2 Å². The summed E-state index contributed by atoms with van der Waals surface area (Å²) >= 11 is 5.65. The summed E-state index contributed by atoms with van der Waals surface area (Å²) < 4.78 is 13.4. The van der Waals surface area contributed by atoms with E-state index in [9.17, 15) is 0 Å². The van der Waals surface area contributed by atoms with E-state index in [0.717, 1.165) is 16.0 Å². The highest BCUT2D eigenvalue weighted by Crippen LogP contribution is 2.17. The van der Waals surface area contributed by atoms with Gasteiger partial charge < -0.3 is 9.47 Å². The van der Waals surface area contributed by atoms with Crippen LogP contribution in [0.25, 0.3) is 0 Å². The van der Waals surface area contributed by atoms with E-state index < -0.39 is 0 Å². The molecule has 0 radical (unpaired) electrons. The van der Waals surface area contributed by atoms with Crippen LogP contribution in [-0.4, -0.2) is 13.2 Å². The van der Waals surface area contributed by atoms with Crippen molar-refractivity contribution in [2.24, 2.45) is 0 Å². The molecule has 0 aliphatic carbocycles. The van der Waals surface area contributed by atoms with Crippen molar-refractivity contribution in [3.63, 3.8) is 0 Å². The lowest BCUT2D eigenvalue weighted by Gasteiger charge is -2.08. The van der Waals surface area contributed by atoms with Gasteiger partial charge in [-0.1, -0.05) is 22.0 Å². The minimum atomic E-state index is 0.535. The number of halogens is 2. The van der Waals surface area contributed by atoms with Gasteiger partial charge in [0.05, 0.1) is 0 Å². The Labute approximate surface area is 129 Å². The zero-order chi connectivity index (χ0) is 12.8. The second-order valence-electron chi connectivity index (χ2n) is 3.61. The smallest absolute Gasteiger partial charge is 0.122 e. The fourth-order valence-electron chi connectivity index (χ4n) is 1.41. The minimum absolute atomic E-state index is 0.535. The molecule has 0 fully saturated rings. The summed E-state index contributed by atoms with van der Waals surface area (Å²) in [5.41, 5.74) is 0. The predicted octanol–water partition coefficient (Wildman–Crippen LogP) is 4.51. The topological polar surface area (TPSA) is 18.5 Å². The van der Waals surface area contributed by atoms with Crippen LogP contribution in [0.15, 0.2) is 53.0 Å². The van der Waals surface area contributed by atoms with Gasteiger partial charge in [-0.15, -0.1) is 0 Å². The highest BCUT2D eigenvalue weighted by atomic mass is 127.